The number of hydrogen-bond acceptors (Lipinski definition) is 2. The summed E-state index contributed by atoms with van der Waals surface area (Å²) in [5, 5.41) is 4.54. The molecule has 0 aliphatic carbocycles. The average Bonchev–Trinajstić information content (AvgIpc) is 2.44. The maximum atomic E-state index is 6.03. The monoisotopic (exact) mass is 294 g/mol. The van der Waals surface area contributed by atoms with Crippen LogP contribution in [0.4, 0.5) is 0 Å². The highest BCUT2D eigenvalue weighted by atomic mass is 35.5. The Balaban J connectivity index is 2.05. The third kappa shape index (κ3) is 3.95. The molecule has 0 amide bonds. The SMILES string of the molecule is NCC(NCc1ccccc1)c1ccc(Cl)c(Cl)c1. The first-order valence-corrected chi connectivity index (χ1v) is 6.88. The van der Waals surface area contributed by atoms with Gasteiger partial charge >= 0.3 is 0 Å². The molecule has 0 heterocycles. The van der Waals surface area contributed by atoms with E-state index in [0.717, 1.165) is 12.1 Å². The van der Waals surface area contributed by atoms with Gasteiger partial charge in [-0.05, 0) is 23.3 Å². The quantitative estimate of drug-likeness (QED) is 0.881. The highest BCUT2D eigenvalue weighted by molar-refractivity contribution is 6.42. The standard InChI is InChI=1S/C15H16Cl2N2/c16-13-7-6-12(8-14(13)17)15(9-18)19-10-11-4-2-1-3-5-11/h1-8,15,19H,9-10,18H2. The first-order valence-electron chi connectivity index (χ1n) is 6.13. The Morgan fingerprint density at radius 3 is 2.37 bits per heavy atom. The van der Waals surface area contributed by atoms with Gasteiger partial charge in [0.1, 0.15) is 0 Å². The van der Waals surface area contributed by atoms with Crippen molar-refractivity contribution in [2.24, 2.45) is 5.73 Å². The molecule has 0 aliphatic heterocycles. The summed E-state index contributed by atoms with van der Waals surface area (Å²) in [5.41, 5.74) is 8.09. The molecule has 100 valence electrons. The van der Waals surface area contributed by atoms with Crippen LogP contribution in [0.3, 0.4) is 0 Å². The second-order valence-electron chi connectivity index (χ2n) is 4.33. The second-order valence-corrected chi connectivity index (χ2v) is 5.14. The first kappa shape index (κ1) is 14.4. The summed E-state index contributed by atoms with van der Waals surface area (Å²) in [5.74, 6) is 0. The van der Waals surface area contributed by atoms with E-state index in [1.54, 1.807) is 6.07 Å². The molecule has 1 atom stereocenters. The van der Waals surface area contributed by atoms with Gasteiger partial charge in [0, 0.05) is 19.1 Å². The van der Waals surface area contributed by atoms with Crippen molar-refractivity contribution in [1.82, 2.24) is 5.32 Å². The lowest BCUT2D eigenvalue weighted by Gasteiger charge is -2.18. The molecular weight excluding hydrogens is 279 g/mol. The Hall–Kier alpha value is -1.06. The Labute approximate surface area is 123 Å². The molecule has 0 radical (unpaired) electrons. The molecule has 0 fully saturated rings. The van der Waals surface area contributed by atoms with E-state index in [4.69, 9.17) is 28.9 Å². The van der Waals surface area contributed by atoms with Crippen molar-refractivity contribution in [3.8, 4) is 0 Å². The number of benzene rings is 2. The number of nitrogens with two attached hydrogens (primary N) is 1. The summed E-state index contributed by atoms with van der Waals surface area (Å²) in [4.78, 5) is 0. The Kier molecular flexibility index (Phi) is 5.23. The lowest BCUT2D eigenvalue weighted by atomic mass is 10.1. The molecule has 2 aromatic carbocycles. The minimum atomic E-state index is 0.0648. The lowest BCUT2D eigenvalue weighted by Crippen LogP contribution is -2.27. The lowest BCUT2D eigenvalue weighted by molar-refractivity contribution is 0.542. The van der Waals surface area contributed by atoms with E-state index in [1.165, 1.54) is 5.56 Å². The van der Waals surface area contributed by atoms with Crippen molar-refractivity contribution in [3.63, 3.8) is 0 Å². The highest BCUT2D eigenvalue weighted by Gasteiger charge is 2.10. The fourth-order valence-corrected chi connectivity index (χ4v) is 2.21. The molecule has 2 aromatic rings. The predicted molar refractivity (Wildman–Crippen MR) is 81.5 cm³/mol. The second kappa shape index (κ2) is 6.92. The van der Waals surface area contributed by atoms with E-state index < -0.39 is 0 Å². The average molecular weight is 295 g/mol. The Morgan fingerprint density at radius 2 is 1.74 bits per heavy atom. The zero-order chi connectivity index (χ0) is 13.7. The van der Waals surface area contributed by atoms with Crippen LogP contribution in [-0.2, 0) is 6.54 Å². The fraction of sp³-hybridized carbons (Fsp3) is 0.200. The minimum absolute atomic E-state index is 0.0648. The maximum Gasteiger partial charge on any atom is 0.0595 e. The topological polar surface area (TPSA) is 38.0 Å². The van der Waals surface area contributed by atoms with Gasteiger partial charge in [0.15, 0.2) is 0 Å². The summed E-state index contributed by atoms with van der Waals surface area (Å²) in [6.45, 7) is 1.27. The van der Waals surface area contributed by atoms with E-state index in [9.17, 15) is 0 Å². The predicted octanol–water partition coefficient (Wildman–Crippen LogP) is 3.78. The van der Waals surface area contributed by atoms with Gasteiger partial charge in [0.25, 0.3) is 0 Å². The van der Waals surface area contributed by atoms with E-state index >= 15 is 0 Å². The largest absolute Gasteiger partial charge is 0.329 e. The summed E-state index contributed by atoms with van der Waals surface area (Å²) in [7, 11) is 0. The molecule has 0 saturated heterocycles. The molecule has 3 N–H and O–H groups in total. The normalized spacial score (nSPS) is 12.4. The molecule has 0 saturated carbocycles. The third-order valence-corrected chi connectivity index (χ3v) is 3.72. The highest BCUT2D eigenvalue weighted by Crippen LogP contribution is 2.25. The van der Waals surface area contributed by atoms with Crippen molar-refractivity contribution in [3.05, 3.63) is 69.7 Å². The maximum absolute atomic E-state index is 6.03. The van der Waals surface area contributed by atoms with Gasteiger partial charge in [-0.2, -0.15) is 0 Å². The van der Waals surface area contributed by atoms with Crippen LogP contribution in [0.1, 0.15) is 17.2 Å². The van der Waals surface area contributed by atoms with Crippen LogP contribution >= 0.6 is 23.2 Å². The molecule has 2 rings (SSSR count). The molecule has 19 heavy (non-hydrogen) atoms. The smallest absolute Gasteiger partial charge is 0.0595 e. The van der Waals surface area contributed by atoms with E-state index in [0.29, 0.717) is 16.6 Å². The molecule has 0 aliphatic rings. The van der Waals surface area contributed by atoms with Gasteiger partial charge in [0.2, 0.25) is 0 Å². The molecule has 2 nitrogen and oxygen atoms in total. The minimum Gasteiger partial charge on any atom is -0.329 e. The van der Waals surface area contributed by atoms with Crippen molar-refractivity contribution in [1.29, 1.82) is 0 Å². The third-order valence-electron chi connectivity index (χ3n) is 2.98. The van der Waals surface area contributed by atoms with Gasteiger partial charge in [-0.1, -0.05) is 59.6 Å². The van der Waals surface area contributed by atoms with Crippen molar-refractivity contribution >= 4 is 23.2 Å². The molecule has 1 unspecified atom stereocenters. The van der Waals surface area contributed by atoms with Crippen LogP contribution in [0.5, 0.6) is 0 Å². The molecule has 4 heteroatoms. The van der Waals surface area contributed by atoms with Crippen LogP contribution < -0.4 is 11.1 Å². The molecule has 0 bridgehead atoms. The zero-order valence-corrected chi connectivity index (χ0v) is 12.0. The Bertz CT molecular complexity index is 529. The van der Waals surface area contributed by atoms with E-state index in [-0.39, 0.29) is 6.04 Å². The number of nitrogens with one attached hydrogen (secondary N) is 1. The van der Waals surface area contributed by atoms with Gasteiger partial charge < -0.3 is 11.1 Å². The van der Waals surface area contributed by atoms with Crippen molar-refractivity contribution in [2.45, 2.75) is 12.6 Å². The first-order chi connectivity index (χ1) is 9.20. The van der Waals surface area contributed by atoms with E-state index in [2.05, 4.69) is 17.4 Å². The van der Waals surface area contributed by atoms with Gasteiger partial charge in [-0.25, -0.2) is 0 Å². The summed E-state index contributed by atoms with van der Waals surface area (Å²) in [6.07, 6.45) is 0. The van der Waals surface area contributed by atoms with Crippen LogP contribution in [-0.4, -0.2) is 6.54 Å². The zero-order valence-electron chi connectivity index (χ0n) is 10.4. The number of hydrogen-bond donors (Lipinski definition) is 2. The van der Waals surface area contributed by atoms with Gasteiger partial charge in [0.05, 0.1) is 10.0 Å². The van der Waals surface area contributed by atoms with Crippen molar-refractivity contribution < 1.29 is 0 Å². The molecule has 0 spiro atoms. The summed E-state index contributed by atoms with van der Waals surface area (Å²) >= 11 is 11.9. The number of halogens is 2. The van der Waals surface area contributed by atoms with Crippen molar-refractivity contribution in [2.75, 3.05) is 6.54 Å². The van der Waals surface area contributed by atoms with Crippen LogP contribution in [0.15, 0.2) is 48.5 Å². The van der Waals surface area contributed by atoms with Gasteiger partial charge in [-0.3, -0.25) is 0 Å². The Morgan fingerprint density at radius 1 is 1.00 bits per heavy atom. The van der Waals surface area contributed by atoms with E-state index in [1.807, 2.05) is 30.3 Å². The fourth-order valence-electron chi connectivity index (χ4n) is 1.90. The molecule has 0 aromatic heterocycles. The van der Waals surface area contributed by atoms with Crippen LogP contribution in [0.2, 0.25) is 10.0 Å². The van der Waals surface area contributed by atoms with Crippen LogP contribution in [0, 0.1) is 0 Å². The van der Waals surface area contributed by atoms with Gasteiger partial charge in [-0.15, -0.1) is 0 Å². The summed E-state index contributed by atoms with van der Waals surface area (Å²) in [6, 6.07) is 15.9. The van der Waals surface area contributed by atoms with Crippen LogP contribution in [0.25, 0.3) is 0 Å². The summed E-state index contributed by atoms with van der Waals surface area (Å²) < 4.78 is 0. The number of rotatable bonds is 5. The molecular formula is C15H16Cl2N2.